The highest BCUT2D eigenvalue weighted by molar-refractivity contribution is 8.00. The van der Waals surface area contributed by atoms with Gasteiger partial charge in [-0.3, -0.25) is 4.79 Å². The number of thioether (sulfide) groups is 1. The van der Waals surface area contributed by atoms with Crippen molar-refractivity contribution in [3.05, 3.63) is 48.3 Å². The second kappa shape index (κ2) is 7.57. The number of para-hydroxylation sites is 1. The molecule has 1 N–H and O–H groups in total. The van der Waals surface area contributed by atoms with Crippen LogP contribution in [0.15, 0.2) is 47.4 Å². The number of nitrogens with one attached hydrogen (secondary N) is 1. The molecule has 1 aliphatic rings. The summed E-state index contributed by atoms with van der Waals surface area (Å²) in [6, 6.07) is 11.7. The lowest BCUT2D eigenvalue weighted by Gasteiger charge is -2.14. The van der Waals surface area contributed by atoms with Crippen molar-refractivity contribution in [3.8, 4) is 11.5 Å². The maximum absolute atomic E-state index is 13.6. The maximum Gasteiger partial charge on any atom is 0.237 e. The third kappa shape index (κ3) is 4.00. The molecule has 1 heterocycles. The van der Waals surface area contributed by atoms with Gasteiger partial charge < -0.3 is 14.8 Å². The van der Waals surface area contributed by atoms with Crippen LogP contribution in [0.5, 0.6) is 11.5 Å². The summed E-state index contributed by atoms with van der Waals surface area (Å²) in [5.74, 6) is 0.718. The highest BCUT2D eigenvalue weighted by Gasteiger charge is 2.18. The molecular formula is C18H18FNO3S. The molecule has 0 radical (unpaired) electrons. The minimum absolute atomic E-state index is 0.189. The monoisotopic (exact) mass is 347 g/mol. The van der Waals surface area contributed by atoms with Crippen LogP contribution in [0.1, 0.15) is 13.3 Å². The van der Waals surface area contributed by atoms with Crippen LogP contribution in [0, 0.1) is 5.82 Å². The van der Waals surface area contributed by atoms with E-state index in [1.54, 1.807) is 19.1 Å². The fourth-order valence-corrected chi connectivity index (χ4v) is 3.17. The molecule has 4 nitrogen and oxygen atoms in total. The SMILES string of the molecule is CC(Sc1ccc2c(c1)OCCCO2)C(=O)Nc1ccccc1F. The zero-order valence-electron chi connectivity index (χ0n) is 13.3. The van der Waals surface area contributed by atoms with E-state index in [0.717, 1.165) is 17.1 Å². The summed E-state index contributed by atoms with van der Waals surface area (Å²) in [5.41, 5.74) is 0.189. The van der Waals surface area contributed by atoms with Crippen molar-refractivity contribution in [3.63, 3.8) is 0 Å². The van der Waals surface area contributed by atoms with Crippen LogP contribution in [0.4, 0.5) is 10.1 Å². The molecular weight excluding hydrogens is 329 g/mol. The summed E-state index contributed by atoms with van der Waals surface area (Å²) in [6.45, 7) is 3.04. The number of ether oxygens (including phenoxy) is 2. The van der Waals surface area contributed by atoms with Gasteiger partial charge in [0.25, 0.3) is 0 Å². The number of fused-ring (bicyclic) bond motifs is 1. The van der Waals surface area contributed by atoms with Crippen LogP contribution >= 0.6 is 11.8 Å². The molecule has 6 heteroatoms. The summed E-state index contributed by atoms with van der Waals surface area (Å²) in [5, 5.41) is 2.23. The Morgan fingerprint density at radius 1 is 1.17 bits per heavy atom. The molecule has 3 rings (SSSR count). The second-order valence-electron chi connectivity index (χ2n) is 5.39. The van der Waals surface area contributed by atoms with Crippen LogP contribution in [0.25, 0.3) is 0 Å². The Labute approximate surface area is 144 Å². The lowest BCUT2D eigenvalue weighted by Crippen LogP contribution is -2.22. The van der Waals surface area contributed by atoms with Gasteiger partial charge in [-0.25, -0.2) is 4.39 Å². The molecule has 24 heavy (non-hydrogen) atoms. The van der Waals surface area contributed by atoms with Crippen LogP contribution in [-0.4, -0.2) is 24.4 Å². The summed E-state index contributed by atoms with van der Waals surface area (Å²) in [7, 11) is 0. The first-order valence-corrected chi connectivity index (χ1v) is 8.63. The van der Waals surface area contributed by atoms with Crippen molar-refractivity contribution in [1.82, 2.24) is 0 Å². The molecule has 1 aliphatic heterocycles. The molecule has 0 saturated heterocycles. The fourth-order valence-electron chi connectivity index (χ4n) is 2.27. The Kier molecular flexibility index (Phi) is 5.25. The highest BCUT2D eigenvalue weighted by Crippen LogP contribution is 2.35. The van der Waals surface area contributed by atoms with Gasteiger partial charge in [0, 0.05) is 11.3 Å². The molecule has 0 fully saturated rings. The van der Waals surface area contributed by atoms with Crippen LogP contribution < -0.4 is 14.8 Å². The van der Waals surface area contributed by atoms with Gasteiger partial charge >= 0.3 is 0 Å². The number of carbonyl (C=O) groups excluding carboxylic acids is 1. The largest absolute Gasteiger partial charge is 0.490 e. The Bertz CT molecular complexity index is 738. The topological polar surface area (TPSA) is 47.6 Å². The molecule has 0 aromatic heterocycles. The second-order valence-corrected chi connectivity index (χ2v) is 6.80. The number of amides is 1. The average Bonchev–Trinajstić information content (AvgIpc) is 2.81. The van der Waals surface area contributed by atoms with Crippen molar-refractivity contribution in [2.24, 2.45) is 0 Å². The van der Waals surface area contributed by atoms with E-state index in [-0.39, 0.29) is 16.8 Å². The van der Waals surface area contributed by atoms with Crippen molar-refractivity contribution < 1.29 is 18.7 Å². The predicted molar refractivity (Wildman–Crippen MR) is 92.4 cm³/mol. The van der Waals surface area contributed by atoms with Gasteiger partial charge in [0.2, 0.25) is 5.91 Å². The van der Waals surface area contributed by atoms with Gasteiger partial charge in [-0.05, 0) is 37.3 Å². The van der Waals surface area contributed by atoms with Gasteiger partial charge in [-0.15, -0.1) is 11.8 Å². The number of halogens is 1. The van der Waals surface area contributed by atoms with Crippen molar-refractivity contribution in [2.75, 3.05) is 18.5 Å². The van der Waals surface area contributed by atoms with Gasteiger partial charge in [-0.1, -0.05) is 12.1 Å². The fraction of sp³-hybridized carbons (Fsp3) is 0.278. The van der Waals surface area contributed by atoms with Crippen LogP contribution in [0.3, 0.4) is 0 Å². The first kappa shape index (κ1) is 16.6. The third-order valence-corrected chi connectivity index (χ3v) is 4.63. The maximum atomic E-state index is 13.6. The molecule has 0 aliphatic carbocycles. The number of hydrogen-bond donors (Lipinski definition) is 1. The average molecular weight is 347 g/mol. The van der Waals surface area contributed by atoms with Crippen molar-refractivity contribution in [2.45, 2.75) is 23.5 Å². The molecule has 1 amide bonds. The molecule has 1 unspecified atom stereocenters. The Morgan fingerprint density at radius 3 is 2.71 bits per heavy atom. The molecule has 0 spiro atoms. The van der Waals surface area contributed by atoms with Gasteiger partial charge in [0.1, 0.15) is 5.82 Å². The van der Waals surface area contributed by atoms with Crippen LogP contribution in [0.2, 0.25) is 0 Å². The van der Waals surface area contributed by atoms with E-state index in [4.69, 9.17) is 9.47 Å². The number of rotatable bonds is 4. The zero-order valence-corrected chi connectivity index (χ0v) is 14.1. The summed E-state index contributed by atoms with van der Waals surface area (Å²) < 4.78 is 24.9. The van der Waals surface area contributed by atoms with Crippen molar-refractivity contribution >= 4 is 23.4 Å². The zero-order chi connectivity index (χ0) is 16.9. The lowest BCUT2D eigenvalue weighted by atomic mass is 10.3. The van der Waals surface area contributed by atoms with Crippen LogP contribution in [-0.2, 0) is 4.79 Å². The number of benzene rings is 2. The number of anilines is 1. The minimum Gasteiger partial charge on any atom is -0.490 e. The predicted octanol–water partition coefficient (Wildman–Crippen LogP) is 4.11. The third-order valence-electron chi connectivity index (χ3n) is 3.53. The standard InChI is InChI=1S/C18H18FNO3S/c1-12(18(21)20-15-6-3-2-5-14(15)19)24-13-7-8-16-17(11-13)23-10-4-9-22-16/h2-3,5-8,11-12H,4,9-10H2,1H3,(H,20,21). The van der Waals surface area contributed by atoms with Crippen molar-refractivity contribution in [1.29, 1.82) is 0 Å². The lowest BCUT2D eigenvalue weighted by molar-refractivity contribution is -0.115. The van der Waals surface area contributed by atoms with Gasteiger partial charge in [-0.2, -0.15) is 0 Å². The normalized spacial score (nSPS) is 14.6. The molecule has 0 bridgehead atoms. The molecule has 1 atom stereocenters. The Hall–Kier alpha value is -2.21. The minimum atomic E-state index is -0.446. The van der Waals surface area contributed by atoms with E-state index >= 15 is 0 Å². The molecule has 126 valence electrons. The Morgan fingerprint density at radius 2 is 1.92 bits per heavy atom. The Balaban J connectivity index is 1.66. The van der Waals surface area contributed by atoms with E-state index in [2.05, 4.69) is 5.32 Å². The van der Waals surface area contributed by atoms with Gasteiger partial charge in [0.15, 0.2) is 11.5 Å². The van der Waals surface area contributed by atoms with E-state index in [1.165, 1.54) is 23.9 Å². The van der Waals surface area contributed by atoms with E-state index < -0.39 is 5.82 Å². The summed E-state index contributed by atoms with van der Waals surface area (Å²) in [4.78, 5) is 13.2. The van der Waals surface area contributed by atoms with Gasteiger partial charge in [0.05, 0.1) is 24.2 Å². The first-order chi connectivity index (χ1) is 11.6. The summed E-state index contributed by atoms with van der Waals surface area (Å²) in [6.07, 6.45) is 0.846. The molecule has 2 aromatic rings. The quantitative estimate of drug-likeness (QED) is 0.846. The molecule has 2 aromatic carbocycles. The smallest absolute Gasteiger partial charge is 0.237 e. The van der Waals surface area contributed by atoms with E-state index in [9.17, 15) is 9.18 Å². The number of hydrogen-bond acceptors (Lipinski definition) is 4. The highest BCUT2D eigenvalue weighted by atomic mass is 32.2. The molecule has 0 saturated carbocycles. The first-order valence-electron chi connectivity index (χ1n) is 7.75. The van der Waals surface area contributed by atoms with E-state index in [1.807, 2.05) is 18.2 Å². The number of carbonyl (C=O) groups is 1. The summed E-state index contributed by atoms with van der Waals surface area (Å²) >= 11 is 1.39. The van der Waals surface area contributed by atoms with E-state index in [0.29, 0.717) is 19.0 Å².